The van der Waals surface area contributed by atoms with Crippen molar-refractivity contribution in [2.45, 2.75) is 25.3 Å². The first-order valence-electron chi connectivity index (χ1n) is 6.21. The van der Waals surface area contributed by atoms with Crippen LogP contribution in [0.5, 0.6) is 0 Å². The van der Waals surface area contributed by atoms with E-state index >= 15 is 0 Å². The van der Waals surface area contributed by atoms with E-state index in [0.717, 1.165) is 13.0 Å². The lowest BCUT2D eigenvalue weighted by atomic mass is 9.98. The Hall–Kier alpha value is -1.40. The van der Waals surface area contributed by atoms with Crippen molar-refractivity contribution >= 4 is 11.9 Å². The maximum absolute atomic E-state index is 11.9. The van der Waals surface area contributed by atoms with Crippen LogP contribution in [0, 0.1) is 0 Å². The molecule has 0 aromatic rings. The monoisotopic (exact) mass is 272 g/mol. The minimum atomic E-state index is -1.21. The number of rotatable bonds is 10. The largest absolute Gasteiger partial charge is 0.481 e. The van der Waals surface area contributed by atoms with Crippen LogP contribution in [0.15, 0.2) is 12.7 Å². The second-order valence-electron chi connectivity index (χ2n) is 4.87. The van der Waals surface area contributed by atoms with E-state index in [1.807, 2.05) is 19.0 Å². The molecular formula is C13H24N2O4. The van der Waals surface area contributed by atoms with Crippen LogP contribution in [0.1, 0.15) is 19.8 Å². The van der Waals surface area contributed by atoms with Gasteiger partial charge in [-0.1, -0.05) is 12.7 Å². The van der Waals surface area contributed by atoms with E-state index in [-0.39, 0.29) is 13.0 Å². The predicted octanol–water partition coefficient (Wildman–Crippen LogP) is 0.490. The smallest absolute Gasteiger partial charge is 0.326 e. The van der Waals surface area contributed by atoms with Gasteiger partial charge in [-0.25, -0.2) is 0 Å². The molecule has 6 heteroatoms. The van der Waals surface area contributed by atoms with Crippen LogP contribution < -0.4 is 5.32 Å². The van der Waals surface area contributed by atoms with Crippen molar-refractivity contribution in [1.82, 2.24) is 10.2 Å². The number of ether oxygens (including phenoxy) is 1. The van der Waals surface area contributed by atoms with Crippen LogP contribution in [0.3, 0.4) is 0 Å². The van der Waals surface area contributed by atoms with Crippen LogP contribution in [0.25, 0.3) is 0 Å². The molecule has 0 heterocycles. The van der Waals surface area contributed by atoms with Gasteiger partial charge in [-0.2, -0.15) is 0 Å². The summed E-state index contributed by atoms with van der Waals surface area (Å²) >= 11 is 0. The van der Waals surface area contributed by atoms with Crippen molar-refractivity contribution in [3.8, 4) is 0 Å². The molecule has 0 bridgehead atoms. The fourth-order valence-corrected chi connectivity index (χ4v) is 1.56. The highest BCUT2D eigenvalue weighted by molar-refractivity contribution is 5.86. The standard InChI is InChI=1S/C13H24N2O4/c1-5-9-19-12(18)13(2,10-11(16)17)14-7-6-8-15(3)4/h5,14H,1,6-10H2,2-4H3,(H,16,17)/t13-/m0/s1. The van der Waals surface area contributed by atoms with Crippen LogP contribution in [0.4, 0.5) is 0 Å². The summed E-state index contributed by atoms with van der Waals surface area (Å²) in [6, 6.07) is 0. The fourth-order valence-electron chi connectivity index (χ4n) is 1.56. The number of esters is 1. The zero-order valence-corrected chi connectivity index (χ0v) is 11.9. The molecule has 0 aromatic carbocycles. The molecule has 19 heavy (non-hydrogen) atoms. The highest BCUT2D eigenvalue weighted by atomic mass is 16.5. The number of carboxylic acids is 1. The Morgan fingerprint density at radius 2 is 2.11 bits per heavy atom. The summed E-state index contributed by atoms with van der Waals surface area (Å²) in [5.41, 5.74) is -1.21. The second-order valence-corrected chi connectivity index (χ2v) is 4.87. The number of carbonyl (C=O) groups excluding carboxylic acids is 1. The van der Waals surface area contributed by atoms with Gasteiger partial charge in [0.2, 0.25) is 0 Å². The quantitative estimate of drug-likeness (QED) is 0.342. The molecule has 0 saturated heterocycles. The SMILES string of the molecule is C=CCOC(=O)[C@](C)(CC(=O)O)NCCCN(C)C. The van der Waals surface area contributed by atoms with Crippen LogP contribution >= 0.6 is 0 Å². The number of nitrogens with one attached hydrogen (secondary N) is 1. The Kier molecular flexibility index (Phi) is 8.02. The van der Waals surface area contributed by atoms with Gasteiger partial charge >= 0.3 is 11.9 Å². The van der Waals surface area contributed by atoms with Crippen molar-refractivity contribution in [2.24, 2.45) is 0 Å². The summed E-state index contributed by atoms with van der Waals surface area (Å²) in [7, 11) is 3.91. The van der Waals surface area contributed by atoms with Gasteiger partial charge in [-0.3, -0.25) is 9.59 Å². The van der Waals surface area contributed by atoms with E-state index in [9.17, 15) is 9.59 Å². The van der Waals surface area contributed by atoms with Crippen molar-refractivity contribution < 1.29 is 19.4 Å². The normalized spacial score (nSPS) is 13.9. The number of nitrogens with zero attached hydrogens (tertiary/aromatic N) is 1. The molecule has 0 aromatic heterocycles. The van der Waals surface area contributed by atoms with Gasteiger partial charge in [0, 0.05) is 0 Å². The van der Waals surface area contributed by atoms with Crippen molar-refractivity contribution in [3.05, 3.63) is 12.7 Å². The molecule has 0 unspecified atom stereocenters. The molecule has 0 radical (unpaired) electrons. The average Bonchev–Trinajstić information content (AvgIpc) is 2.30. The lowest BCUT2D eigenvalue weighted by molar-refractivity contribution is -0.154. The molecule has 0 aliphatic heterocycles. The van der Waals surface area contributed by atoms with Crippen molar-refractivity contribution in [1.29, 1.82) is 0 Å². The highest BCUT2D eigenvalue weighted by Crippen LogP contribution is 2.12. The molecule has 110 valence electrons. The van der Waals surface area contributed by atoms with Crippen molar-refractivity contribution in [3.63, 3.8) is 0 Å². The van der Waals surface area contributed by atoms with Crippen molar-refractivity contribution in [2.75, 3.05) is 33.8 Å². The third-order valence-corrected chi connectivity index (χ3v) is 2.58. The topological polar surface area (TPSA) is 78.9 Å². The second kappa shape index (κ2) is 8.66. The molecule has 2 N–H and O–H groups in total. The summed E-state index contributed by atoms with van der Waals surface area (Å²) < 4.78 is 4.94. The number of carboxylic acid groups (broad SMARTS) is 1. The molecule has 0 spiro atoms. The molecule has 0 fully saturated rings. The van der Waals surface area contributed by atoms with Gasteiger partial charge in [-0.15, -0.1) is 0 Å². The van der Waals surface area contributed by atoms with Crippen LogP contribution in [0.2, 0.25) is 0 Å². The predicted molar refractivity (Wildman–Crippen MR) is 73.0 cm³/mol. The minimum Gasteiger partial charge on any atom is -0.481 e. The number of carbonyl (C=O) groups is 2. The van der Waals surface area contributed by atoms with E-state index in [0.29, 0.717) is 6.54 Å². The van der Waals surface area contributed by atoms with Crippen LogP contribution in [-0.2, 0) is 14.3 Å². The van der Waals surface area contributed by atoms with E-state index in [4.69, 9.17) is 9.84 Å². The highest BCUT2D eigenvalue weighted by Gasteiger charge is 2.36. The number of hydrogen-bond acceptors (Lipinski definition) is 5. The summed E-state index contributed by atoms with van der Waals surface area (Å²) in [5, 5.41) is 11.9. The first kappa shape index (κ1) is 17.6. The van der Waals surface area contributed by atoms with E-state index in [1.165, 1.54) is 6.08 Å². The van der Waals surface area contributed by atoms with Gasteiger partial charge in [0.25, 0.3) is 0 Å². The minimum absolute atomic E-state index is 0.0768. The van der Waals surface area contributed by atoms with Gasteiger partial charge in [0.05, 0.1) is 6.42 Å². The van der Waals surface area contributed by atoms with Gasteiger partial charge in [0.15, 0.2) is 0 Å². The zero-order valence-electron chi connectivity index (χ0n) is 11.9. The Morgan fingerprint density at radius 3 is 2.58 bits per heavy atom. The average molecular weight is 272 g/mol. The Balaban J connectivity index is 4.45. The lowest BCUT2D eigenvalue weighted by Gasteiger charge is -2.27. The zero-order chi connectivity index (χ0) is 14.9. The fraction of sp³-hybridized carbons (Fsp3) is 0.692. The Morgan fingerprint density at radius 1 is 1.47 bits per heavy atom. The molecule has 0 aliphatic rings. The van der Waals surface area contributed by atoms with Gasteiger partial charge < -0.3 is 20.1 Å². The first-order valence-corrected chi connectivity index (χ1v) is 6.21. The molecule has 0 amide bonds. The first-order chi connectivity index (χ1) is 8.81. The molecule has 0 saturated carbocycles. The van der Waals surface area contributed by atoms with E-state index < -0.39 is 17.5 Å². The summed E-state index contributed by atoms with van der Waals surface area (Å²) in [4.78, 5) is 24.8. The third kappa shape index (κ3) is 7.58. The Labute approximate surface area is 114 Å². The molecule has 0 rings (SSSR count). The van der Waals surface area contributed by atoms with Gasteiger partial charge in [0.1, 0.15) is 12.1 Å². The molecule has 6 nitrogen and oxygen atoms in total. The van der Waals surface area contributed by atoms with Gasteiger partial charge in [-0.05, 0) is 40.5 Å². The molecule has 1 atom stereocenters. The maximum atomic E-state index is 11.9. The summed E-state index contributed by atoms with van der Waals surface area (Å²) in [6.45, 7) is 6.48. The molecular weight excluding hydrogens is 248 g/mol. The summed E-state index contributed by atoms with van der Waals surface area (Å²) in [6.07, 6.45) is 1.95. The van der Waals surface area contributed by atoms with E-state index in [2.05, 4.69) is 11.9 Å². The number of aliphatic carboxylic acids is 1. The molecule has 0 aliphatic carbocycles. The summed E-state index contributed by atoms with van der Waals surface area (Å²) in [5.74, 6) is -1.61. The maximum Gasteiger partial charge on any atom is 0.326 e. The van der Waals surface area contributed by atoms with Crippen LogP contribution in [-0.4, -0.2) is 61.3 Å². The van der Waals surface area contributed by atoms with E-state index in [1.54, 1.807) is 6.92 Å². The number of hydrogen-bond donors (Lipinski definition) is 2. The Bertz CT molecular complexity index is 318. The lowest BCUT2D eigenvalue weighted by Crippen LogP contribution is -2.52. The third-order valence-electron chi connectivity index (χ3n) is 2.58.